The van der Waals surface area contributed by atoms with Crippen molar-refractivity contribution in [2.45, 2.75) is 0 Å². The lowest BCUT2D eigenvalue weighted by molar-refractivity contribution is 0.413. The standard InChI is InChI=1S/C15H14N4O/c1-20-14-7-3-2-6-12(14)19-10-17-9-13(19)11-5-4-8-18-15(11)16/h2-10H,1H3,(H2,16,18). The third-order valence-electron chi connectivity index (χ3n) is 3.10. The first-order valence-corrected chi connectivity index (χ1v) is 6.18. The van der Waals surface area contributed by atoms with Gasteiger partial charge in [0.05, 0.1) is 31.0 Å². The maximum absolute atomic E-state index is 5.95. The van der Waals surface area contributed by atoms with Crippen molar-refractivity contribution in [3.63, 3.8) is 0 Å². The van der Waals surface area contributed by atoms with Crippen molar-refractivity contribution < 1.29 is 4.74 Å². The van der Waals surface area contributed by atoms with Crippen molar-refractivity contribution in [3.05, 3.63) is 55.1 Å². The molecule has 0 saturated carbocycles. The van der Waals surface area contributed by atoms with Crippen LogP contribution < -0.4 is 10.5 Å². The van der Waals surface area contributed by atoms with Gasteiger partial charge in [0.15, 0.2) is 0 Å². The predicted octanol–water partition coefficient (Wildman–Crippen LogP) is 2.53. The van der Waals surface area contributed by atoms with Crippen LogP contribution in [0.25, 0.3) is 16.9 Å². The van der Waals surface area contributed by atoms with Crippen molar-refractivity contribution >= 4 is 5.82 Å². The lowest BCUT2D eigenvalue weighted by Crippen LogP contribution is -2.01. The molecule has 0 atom stereocenters. The monoisotopic (exact) mass is 266 g/mol. The summed E-state index contributed by atoms with van der Waals surface area (Å²) in [6.07, 6.45) is 5.17. The van der Waals surface area contributed by atoms with Crippen LogP contribution in [0.4, 0.5) is 5.82 Å². The Labute approximate surface area is 116 Å². The zero-order valence-corrected chi connectivity index (χ0v) is 11.0. The van der Waals surface area contributed by atoms with Gasteiger partial charge < -0.3 is 10.5 Å². The Morgan fingerprint density at radius 1 is 1.15 bits per heavy atom. The van der Waals surface area contributed by atoms with Gasteiger partial charge in [0.25, 0.3) is 0 Å². The second-order valence-corrected chi connectivity index (χ2v) is 4.26. The Kier molecular flexibility index (Phi) is 3.09. The van der Waals surface area contributed by atoms with E-state index in [1.807, 2.05) is 41.0 Å². The van der Waals surface area contributed by atoms with Crippen LogP contribution in [-0.2, 0) is 0 Å². The minimum Gasteiger partial charge on any atom is -0.495 e. The maximum atomic E-state index is 5.95. The molecule has 0 radical (unpaired) electrons. The molecule has 0 saturated heterocycles. The highest BCUT2D eigenvalue weighted by molar-refractivity contribution is 5.72. The molecule has 20 heavy (non-hydrogen) atoms. The number of methoxy groups -OCH3 is 1. The average molecular weight is 266 g/mol. The van der Waals surface area contributed by atoms with Crippen LogP contribution in [0.15, 0.2) is 55.1 Å². The number of benzene rings is 1. The molecule has 3 rings (SSSR count). The fraction of sp³-hybridized carbons (Fsp3) is 0.0667. The van der Waals surface area contributed by atoms with Gasteiger partial charge in [-0.3, -0.25) is 4.57 Å². The summed E-state index contributed by atoms with van der Waals surface area (Å²) in [5.41, 5.74) is 8.57. The van der Waals surface area contributed by atoms with E-state index in [1.165, 1.54) is 0 Å². The van der Waals surface area contributed by atoms with Crippen LogP contribution in [0.1, 0.15) is 0 Å². The highest BCUT2D eigenvalue weighted by atomic mass is 16.5. The molecule has 1 aromatic carbocycles. The second-order valence-electron chi connectivity index (χ2n) is 4.26. The van der Waals surface area contributed by atoms with Crippen molar-refractivity contribution in [1.29, 1.82) is 0 Å². The van der Waals surface area contributed by atoms with Gasteiger partial charge in [0.2, 0.25) is 0 Å². The number of aromatic nitrogens is 3. The van der Waals surface area contributed by atoms with Crippen molar-refractivity contribution in [1.82, 2.24) is 14.5 Å². The van der Waals surface area contributed by atoms with E-state index in [0.29, 0.717) is 5.82 Å². The Hall–Kier alpha value is -2.82. The fourth-order valence-corrected chi connectivity index (χ4v) is 2.15. The number of hydrogen-bond acceptors (Lipinski definition) is 4. The van der Waals surface area contributed by atoms with Crippen LogP contribution >= 0.6 is 0 Å². The summed E-state index contributed by atoms with van der Waals surface area (Å²) in [4.78, 5) is 8.33. The van der Waals surface area contributed by atoms with Gasteiger partial charge in [0.1, 0.15) is 11.6 Å². The number of nitrogen functional groups attached to an aromatic ring is 1. The van der Waals surface area contributed by atoms with Gasteiger partial charge in [-0.05, 0) is 24.3 Å². The van der Waals surface area contributed by atoms with Crippen LogP contribution in [0, 0.1) is 0 Å². The number of rotatable bonds is 3. The van der Waals surface area contributed by atoms with Crippen molar-refractivity contribution in [3.8, 4) is 22.7 Å². The SMILES string of the molecule is COc1ccccc1-n1cncc1-c1cccnc1N. The summed E-state index contributed by atoms with van der Waals surface area (Å²) in [7, 11) is 1.65. The van der Waals surface area contributed by atoms with E-state index in [2.05, 4.69) is 9.97 Å². The third-order valence-corrected chi connectivity index (χ3v) is 3.10. The molecule has 5 nitrogen and oxygen atoms in total. The van der Waals surface area contributed by atoms with Crippen molar-refractivity contribution in [2.75, 3.05) is 12.8 Å². The number of nitrogens with two attached hydrogens (primary N) is 1. The van der Waals surface area contributed by atoms with E-state index in [0.717, 1.165) is 22.7 Å². The van der Waals surface area contributed by atoms with Crippen LogP contribution in [-0.4, -0.2) is 21.6 Å². The number of hydrogen-bond donors (Lipinski definition) is 1. The molecule has 0 bridgehead atoms. The summed E-state index contributed by atoms with van der Waals surface area (Å²) in [5.74, 6) is 1.25. The van der Waals surface area contributed by atoms with Gasteiger partial charge in [-0.25, -0.2) is 9.97 Å². The average Bonchev–Trinajstić information content (AvgIpc) is 2.96. The first kappa shape index (κ1) is 12.2. The number of nitrogens with zero attached hydrogens (tertiary/aromatic N) is 3. The molecule has 0 unspecified atom stereocenters. The van der Waals surface area contributed by atoms with Crippen LogP contribution in [0.3, 0.4) is 0 Å². The number of imidazole rings is 1. The second kappa shape index (κ2) is 5.05. The van der Waals surface area contributed by atoms with E-state index < -0.39 is 0 Å². The van der Waals surface area contributed by atoms with Gasteiger partial charge >= 0.3 is 0 Å². The lowest BCUT2D eigenvalue weighted by atomic mass is 10.2. The third kappa shape index (κ3) is 1.99. The minimum atomic E-state index is 0.476. The van der Waals surface area contributed by atoms with E-state index in [4.69, 9.17) is 10.5 Å². The van der Waals surface area contributed by atoms with Gasteiger partial charge in [0, 0.05) is 11.8 Å². The molecular formula is C15H14N4O. The predicted molar refractivity (Wildman–Crippen MR) is 77.8 cm³/mol. The molecule has 2 aromatic heterocycles. The zero-order chi connectivity index (χ0) is 13.9. The smallest absolute Gasteiger partial charge is 0.142 e. The van der Waals surface area contributed by atoms with E-state index in [1.54, 1.807) is 25.8 Å². The Balaban J connectivity index is 2.19. The van der Waals surface area contributed by atoms with Crippen LogP contribution in [0.5, 0.6) is 5.75 Å². The summed E-state index contributed by atoms with van der Waals surface area (Å²) < 4.78 is 7.33. The maximum Gasteiger partial charge on any atom is 0.142 e. The minimum absolute atomic E-state index is 0.476. The van der Waals surface area contributed by atoms with E-state index in [9.17, 15) is 0 Å². The number of para-hydroxylation sites is 2. The molecule has 0 aliphatic rings. The molecule has 3 aromatic rings. The van der Waals surface area contributed by atoms with Crippen LogP contribution in [0.2, 0.25) is 0 Å². The summed E-state index contributed by atoms with van der Waals surface area (Å²) in [6, 6.07) is 11.5. The molecule has 2 heterocycles. The molecule has 5 heteroatoms. The highest BCUT2D eigenvalue weighted by Crippen LogP contribution is 2.30. The molecule has 0 spiro atoms. The van der Waals surface area contributed by atoms with Gasteiger partial charge in [-0.15, -0.1) is 0 Å². The largest absolute Gasteiger partial charge is 0.495 e. The molecule has 0 amide bonds. The Morgan fingerprint density at radius 2 is 2.00 bits per heavy atom. The summed E-state index contributed by atoms with van der Waals surface area (Å²) >= 11 is 0. The molecule has 0 aliphatic carbocycles. The Morgan fingerprint density at radius 3 is 2.80 bits per heavy atom. The number of ether oxygens (including phenoxy) is 1. The van der Waals surface area contributed by atoms with Gasteiger partial charge in [-0.2, -0.15) is 0 Å². The molecule has 0 fully saturated rings. The summed E-state index contributed by atoms with van der Waals surface area (Å²) in [6.45, 7) is 0. The summed E-state index contributed by atoms with van der Waals surface area (Å²) in [5, 5.41) is 0. The quantitative estimate of drug-likeness (QED) is 0.791. The Bertz CT molecular complexity index is 736. The topological polar surface area (TPSA) is 66.0 Å². The number of anilines is 1. The molecule has 2 N–H and O–H groups in total. The normalized spacial score (nSPS) is 10.4. The first-order chi connectivity index (χ1) is 9.81. The first-order valence-electron chi connectivity index (χ1n) is 6.18. The molecule has 100 valence electrons. The zero-order valence-electron chi connectivity index (χ0n) is 11.0. The molecule has 0 aliphatic heterocycles. The number of pyridine rings is 1. The fourth-order valence-electron chi connectivity index (χ4n) is 2.15. The lowest BCUT2D eigenvalue weighted by Gasteiger charge is -2.12. The van der Waals surface area contributed by atoms with Crippen molar-refractivity contribution in [2.24, 2.45) is 0 Å². The highest BCUT2D eigenvalue weighted by Gasteiger charge is 2.12. The molecular weight excluding hydrogens is 252 g/mol. The van der Waals surface area contributed by atoms with E-state index >= 15 is 0 Å². The van der Waals surface area contributed by atoms with Gasteiger partial charge in [-0.1, -0.05) is 12.1 Å². The van der Waals surface area contributed by atoms with E-state index in [-0.39, 0.29) is 0 Å².